The molecule has 1 amide bonds. The van der Waals surface area contributed by atoms with Crippen molar-refractivity contribution in [2.24, 2.45) is 0 Å². The quantitative estimate of drug-likeness (QED) is 0.661. The maximum atomic E-state index is 11.6. The third-order valence-electron chi connectivity index (χ3n) is 2.04. The zero-order chi connectivity index (χ0) is 11.1. The molecule has 0 saturated heterocycles. The highest BCUT2D eigenvalue weighted by Gasteiger charge is 2.19. The largest absolute Gasteiger partial charge is 0.353 e. The predicted molar refractivity (Wildman–Crippen MR) is 55.6 cm³/mol. The molecule has 4 heteroatoms. The van der Waals surface area contributed by atoms with Crippen molar-refractivity contribution in [2.75, 3.05) is 13.1 Å². The number of likely N-dealkylation sites (N-methyl/N-ethyl adjacent to an activating group) is 1. The second-order valence-corrected chi connectivity index (χ2v) is 3.56. The Kier molecular flexibility index (Phi) is 5.89. The zero-order valence-electron chi connectivity index (χ0n) is 9.37. The van der Waals surface area contributed by atoms with Gasteiger partial charge in [-0.15, -0.1) is 0 Å². The summed E-state index contributed by atoms with van der Waals surface area (Å²) >= 11 is 0. The summed E-state index contributed by atoms with van der Waals surface area (Å²) in [5.41, 5.74) is 0. The number of rotatable bonds is 5. The van der Waals surface area contributed by atoms with Crippen molar-refractivity contribution >= 4 is 5.91 Å². The van der Waals surface area contributed by atoms with E-state index in [1.807, 2.05) is 32.6 Å². The standard InChI is InChI=1S/C10H19N3O/c1-5-13(7-6-11)9(4)10(14)12-8(2)3/h8-9H,5,7H2,1-4H3,(H,12,14). The Bertz CT molecular complexity index is 220. The third kappa shape index (κ3) is 4.24. The number of amides is 1. The molecule has 0 fully saturated rings. The topological polar surface area (TPSA) is 56.1 Å². The molecule has 0 spiro atoms. The van der Waals surface area contributed by atoms with Crippen molar-refractivity contribution in [3.8, 4) is 6.07 Å². The van der Waals surface area contributed by atoms with Gasteiger partial charge in [0.05, 0.1) is 18.7 Å². The molecule has 14 heavy (non-hydrogen) atoms. The van der Waals surface area contributed by atoms with Gasteiger partial charge in [-0.05, 0) is 27.3 Å². The van der Waals surface area contributed by atoms with Crippen LogP contribution in [0, 0.1) is 11.3 Å². The number of nitrogens with zero attached hydrogens (tertiary/aromatic N) is 2. The smallest absolute Gasteiger partial charge is 0.237 e. The second kappa shape index (κ2) is 6.39. The van der Waals surface area contributed by atoms with Crippen molar-refractivity contribution in [3.63, 3.8) is 0 Å². The first-order valence-electron chi connectivity index (χ1n) is 4.94. The Morgan fingerprint density at radius 2 is 2.07 bits per heavy atom. The molecule has 0 bridgehead atoms. The average molecular weight is 197 g/mol. The van der Waals surface area contributed by atoms with Gasteiger partial charge in [-0.3, -0.25) is 9.69 Å². The van der Waals surface area contributed by atoms with Crippen LogP contribution in [0.2, 0.25) is 0 Å². The summed E-state index contributed by atoms with van der Waals surface area (Å²) in [6.45, 7) is 8.61. The van der Waals surface area contributed by atoms with E-state index in [1.54, 1.807) is 0 Å². The summed E-state index contributed by atoms with van der Waals surface area (Å²) < 4.78 is 0. The fraction of sp³-hybridized carbons (Fsp3) is 0.800. The lowest BCUT2D eigenvalue weighted by atomic mass is 10.2. The molecule has 80 valence electrons. The van der Waals surface area contributed by atoms with Crippen molar-refractivity contribution < 1.29 is 4.79 Å². The maximum absolute atomic E-state index is 11.6. The van der Waals surface area contributed by atoms with Crippen LogP contribution in [0.5, 0.6) is 0 Å². The van der Waals surface area contributed by atoms with E-state index in [2.05, 4.69) is 11.4 Å². The number of nitriles is 1. The van der Waals surface area contributed by atoms with E-state index in [0.717, 1.165) is 0 Å². The molecule has 0 aromatic heterocycles. The van der Waals surface area contributed by atoms with Gasteiger partial charge in [-0.2, -0.15) is 5.26 Å². The summed E-state index contributed by atoms with van der Waals surface area (Å²) in [4.78, 5) is 13.4. The molecule has 1 atom stereocenters. The fourth-order valence-electron chi connectivity index (χ4n) is 1.18. The van der Waals surface area contributed by atoms with Crippen LogP contribution < -0.4 is 5.32 Å². The molecule has 0 aliphatic rings. The monoisotopic (exact) mass is 197 g/mol. The minimum Gasteiger partial charge on any atom is -0.353 e. The van der Waals surface area contributed by atoms with E-state index < -0.39 is 0 Å². The highest BCUT2D eigenvalue weighted by molar-refractivity contribution is 5.81. The summed E-state index contributed by atoms with van der Waals surface area (Å²) in [7, 11) is 0. The lowest BCUT2D eigenvalue weighted by Gasteiger charge is -2.24. The van der Waals surface area contributed by atoms with Crippen LogP contribution in [0.15, 0.2) is 0 Å². The first kappa shape index (κ1) is 12.9. The Balaban J connectivity index is 4.20. The van der Waals surface area contributed by atoms with E-state index in [-0.39, 0.29) is 18.0 Å². The fourth-order valence-corrected chi connectivity index (χ4v) is 1.18. The van der Waals surface area contributed by atoms with Crippen LogP contribution in [-0.4, -0.2) is 36.0 Å². The van der Waals surface area contributed by atoms with Gasteiger partial charge in [0.2, 0.25) is 5.91 Å². The Labute approximate surface area is 85.9 Å². The highest BCUT2D eigenvalue weighted by atomic mass is 16.2. The molecule has 1 N–H and O–H groups in total. The van der Waals surface area contributed by atoms with Crippen molar-refractivity contribution in [3.05, 3.63) is 0 Å². The molecular formula is C10H19N3O. The number of hydrogen-bond donors (Lipinski definition) is 1. The molecule has 4 nitrogen and oxygen atoms in total. The van der Waals surface area contributed by atoms with E-state index in [4.69, 9.17) is 5.26 Å². The predicted octanol–water partition coefficient (Wildman–Crippen LogP) is 0.745. The maximum Gasteiger partial charge on any atom is 0.237 e. The van der Waals surface area contributed by atoms with Gasteiger partial charge >= 0.3 is 0 Å². The van der Waals surface area contributed by atoms with E-state index in [0.29, 0.717) is 13.1 Å². The molecular weight excluding hydrogens is 178 g/mol. The molecule has 1 unspecified atom stereocenters. The van der Waals surface area contributed by atoms with Gasteiger partial charge < -0.3 is 5.32 Å². The highest BCUT2D eigenvalue weighted by Crippen LogP contribution is 1.98. The third-order valence-corrected chi connectivity index (χ3v) is 2.04. The Morgan fingerprint density at radius 1 is 1.50 bits per heavy atom. The van der Waals surface area contributed by atoms with Crippen molar-refractivity contribution in [2.45, 2.75) is 39.8 Å². The van der Waals surface area contributed by atoms with Crippen molar-refractivity contribution in [1.82, 2.24) is 10.2 Å². The van der Waals surface area contributed by atoms with Crippen molar-refractivity contribution in [1.29, 1.82) is 5.26 Å². The van der Waals surface area contributed by atoms with Crippen LogP contribution in [0.4, 0.5) is 0 Å². The first-order valence-corrected chi connectivity index (χ1v) is 4.94. The first-order chi connectivity index (χ1) is 6.52. The normalized spacial score (nSPS) is 12.6. The van der Waals surface area contributed by atoms with Crippen LogP contribution in [0.1, 0.15) is 27.7 Å². The van der Waals surface area contributed by atoms with Crippen LogP contribution in [-0.2, 0) is 4.79 Å². The van der Waals surface area contributed by atoms with Gasteiger partial charge in [0, 0.05) is 6.04 Å². The van der Waals surface area contributed by atoms with Gasteiger partial charge in [0.1, 0.15) is 0 Å². The average Bonchev–Trinajstić information content (AvgIpc) is 2.12. The van der Waals surface area contributed by atoms with E-state index in [1.165, 1.54) is 0 Å². The van der Waals surface area contributed by atoms with Gasteiger partial charge in [0.25, 0.3) is 0 Å². The molecule has 0 aliphatic heterocycles. The lowest BCUT2D eigenvalue weighted by molar-refractivity contribution is -0.126. The van der Waals surface area contributed by atoms with Crippen LogP contribution in [0.25, 0.3) is 0 Å². The Hall–Kier alpha value is -1.08. The Morgan fingerprint density at radius 3 is 2.43 bits per heavy atom. The second-order valence-electron chi connectivity index (χ2n) is 3.56. The van der Waals surface area contributed by atoms with Crippen LogP contribution in [0.3, 0.4) is 0 Å². The SMILES string of the molecule is CCN(CC#N)C(C)C(=O)NC(C)C. The van der Waals surface area contributed by atoms with E-state index in [9.17, 15) is 4.79 Å². The lowest BCUT2D eigenvalue weighted by Crippen LogP contribution is -2.47. The molecule has 0 saturated carbocycles. The molecule has 0 aromatic rings. The molecule has 0 radical (unpaired) electrons. The molecule has 0 heterocycles. The summed E-state index contributed by atoms with van der Waals surface area (Å²) in [6, 6.07) is 1.96. The minimum absolute atomic E-state index is 0.0166. The summed E-state index contributed by atoms with van der Waals surface area (Å²) in [6.07, 6.45) is 0. The molecule has 0 rings (SSSR count). The summed E-state index contributed by atoms with van der Waals surface area (Å²) in [5.74, 6) is -0.0166. The van der Waals surface area contributed by atoms with Gasteiger partial charge in [-0.25, -0.2) is 0 Å². The van der Waals surface area contributed by atoms with Gasteiger partial charge in [-0.1, -0.05) is 6.92 Å². The number of carbonyl (C=O) groups excluding carboxylic acids is 1. The zero-order valence-corrected chi connectivity index (χ0v) is 9.37. The van der Waals surface area contributed by atoms with Crippen LogP contribution >= 0.6 is 0 Å². The molecule has 0 aliphatic carbocycles. The summed E-state index contributed by atoms with van der Waals surface area (Å²) in [5, 5.41) is 11.4. The minimum atomic E-state index is -0.234. The number of hydrogen-bond acceptors (Lipinski definition) is 3. The number of carbonyl (C=O) groups is 1. The van der Waals surface area contributed by atoms with E-state index >= 15 is 0 Å². The molecule has 0 aromatic carbocycles. The van der Waals surface area contributed by atoms with Gasteiger partial charge in [0.15, 0.2) is 0 Å². The number of nitrogens with one attached hydrogen (secondary N) is 1.